The second-order valence-corrected chi connectivity index (χ2v) is 6.02. The van der Waals surface area contributed by atoms with E-state index < -0.39 is 0 Å². The summed E-state index contributed by atoms with van der Waals surface area (Å²) < 4.78 is 5.37. The second-order valence-electron chi connectivity index (χ2n) is 6.02. The summed E-state index contributed by atoms with van der Waals surface area (Å²) in [6, 6.07) is 9.57. The van der Waals surface area contributed by atoms with E-state index >= 15 is 0 Å². The number of nitrogens with one attached hydrogen (secondary N) is 1. The number of nitrogens with zero attached hydrogens (tertiary/aromatic N) is 3. The lowest BCUT2D eigenvalue weighted by Crippen LogP contribution is -2.26. The van der Waals surface area contributed by atoms with Crippen LogP contribution in [0.25, 0.3) is 10.9 Å². The molecular weight excluding hydrogens is 316 g/mol. The SMILES string of the molecule is CCCc1cc(C(=O)N(C)Cc2ccc(OC)c3ncccc23)n[nH]1. The molecule has 1 N–H and O–H groups in total. The van der Waals surface area contributed by atoms with Gasteiger partial charge in [0, 0.05) is 30.9 Å². The first-order valence-corrected chi connectivity index (χ1v) is 8.34. The first-order chi connectivity index (χ1) is 12.1. The van der Waals surface area contributed by atoms with E-state index in [1.807, 2.05) is 30.3 Å². The highest BCUT2D eigenvalue weighted by molar-refractivity contribution is 5.93. The molecule has 130 valence electrons. The molecule has 0 radical (unpaired) electrons. The van der Waals surface area contributed by atoms with Gasteiger partial charge in [0.2, 0.25) is 0 Å². The van der Waals surface area contributed by atoms with Crippen molar-refractivity contribution in [1.29, 1.82) is 0 Å². The number of aryl methyl sites for hydroxylation is 1. The molecule has 25 heavy (non-hydrogen) atoms. The second kappa shape index (κ2) is 7.34. The highest BCUT2D eigenvalue weighted by Gasteiger charge is 2.17. The number of hydrogen-bond acceptors (Lipinski definition) is 4. The van der Waals surface area contributed by atoms with Crippen molar-refractivity contribution in [2.45, 2.75) is 26.3 Å². The lowest BCUT2D eigenvalue weighted by atomic mass is 10.1. The normalized spacial score (nSPS) is 10.8. The van der Waals surface area contributed by atoms with Crippen molar-refractivity contribution in [3.05, 3.63) is 53.5 Å². The maximum Gasteiger partial charge on any atom is 0.274 e. The van der Waals surface area contributed by atoms with Gasteiger partial charge in [0.15, 0.2) is 0 Å². The number of rotatable bonds is 6. The van der Waals surface area contributed by atoms with Gasteiger partial charge in [0.1, 0.15) is 17.0 Å². The third kappa shape index (κ3) is 3.47. The topological polar surface area (TPSA) is 71.1 Å². The highest BCUT2D eigenvalue weighted by atomic mass is 16.5. The summed E-state index contributed by atoms with van der Waals surface area (Å²) in [5, 5.41) is 8.05. The minimum absolute atomic E-state index is 0.105. The molecule has 2 heterocycles. The summed E-state index contributed by atoms with van der Waals surface area (Å²) in [4.78, 5) is 18.7. The van der Waals surface area contributed by atoms with Gasteiger partial charge in [0.05, 0.1) is 7.11 Å². The van der Waals surface area contributed by atoms with Gasteiger partial charge in [-0.3, -0.25) is 14.9 Å². The van der Waals surface area contributed by atoms with Crippen LogP contribution in [-0.2, 0) is 13.0 Å². The van der Waals surface area contributed by atoms with E-state index in [1.54, 1.807) is 25.3 Å². The lowest BCUT2D eigenvalue weighted by molar-refractivity contribution is 0.0780. The van der Waals surface area contributed by atoms with Crippen LogP contribution in [0.3, 0.4) is 0 Å². The maximum absolute atomic E-state index is 12.6. The smallest absolute Gasteiger partial charge is 0.274 e. The molecule has 0 aliphatic heterocycles. The van der Waals surface area contributed by atoms with Crippen LogP contribution in [0.15, 0.2) is 36.5 Å². The summed E-state index contributed by atoms with van der Waals surface area (Å²) in [6.07, 6.45) is 3.64. The van der Waals surface area contributed by atoms with Crippen molar-refractivity contribution >= 4 is 16.8 Å². The first kappa shape index (κ1) is 17.0. The molecule has 0 unspecified atom stereocenters. The molecule has 0 spiro atoms. The number of hydrogen-bond donors (Lipinski definition) is 1. The number of ether oxygens (including phenoxy) is 1. The van der Waals surface area contributed by atoms with Gasteiger partial charge < -0.3 is 9.64 Å². The van der Waals surface area contributed by atoms with Crippen molar-refractivity contribution in [2.24, 2.45) is 0 Å². The molecule has 0 aliphatic rings. The van der Waals surface area contributed by atoms with Crippen LogP contribution in [-0.4, -0.2) is 40.1 Å². The van der Waals surface area contributed by atoms with Crippen molar-refractivity contribution in [3.8, 4) is 5.75 Å². The third-order valence-electron chi connectivity index (χ3n) is 4.17. The van der Waals surface area contributed by atoms with E-state index in [0.29, 0.717) is 12.2 Å². The maximum atomic E-state index is 12.6. The van der Waals surface area contributed by atoms with Crippen LogP contribution in [0.4, 0.5) is 0 Å². The first-order valence-electron chi connectivity index (χ1n) is 8.34. The van der Waals surface area contributed by atoms with Gasteiger partial charge in [-0.15, -0.1) is 0 Å². The van der Waals surface area contributed by atoms with Gasteiger partial charge in [-0.2, -0.15) is 5.10 Å². The zero-order valence-electron chi connectivity index (χ0n) is 14.7. The molecule has 3 aromatic rings. The van der Waals surface area contributed by atoms with Crippen LogP contribution in [0.5, 0.6) is 5.75 Å². The Labute approximate surface area is 146 Å². The highest BCUT2D eigenvalue weighted by Crippen LogP contribution is 2.27. The number of carbonyl (C=O) groups excluding carboxylic acids is 1. The molecule has 1 amide bonds. The summed E-state index contributed by atoms with van der Waals surface area (Å²) >= 11 is 0. The number of carbonyl (C=O) groups is 1. The number of amides is 1. The molecule has 0 bridgehead atoms. The Hall–Kier alpha value is -2.89. The zero-order valence-corrected chi connectivity index (χ0v) is 14.7. The fraction of sp³-hybridized carbons (Fsp3) is 0.316. The van der Waals surface area contributed by atoms with Crippen LogP contribution >= 0.6 is 0 Å². The van der Waals surface area contributed by atoms with Gasteiger partial charge in [-0.25, -0.2) is 0 Å². The third-order valence-corrected chi connectivity index (χ3v) is 4.17. The largest absolute Gasteiger partial charge is 0.494 e. The minimum Gasteiger partial charge on any atom is -0.494 e. The summed E-state index contributed by atoms with van der Waals surface area (Å²) in [7, 11) is 3.41. The van der Waals surface area contributed by atoms with Crippen LogP contribution in [0, 0.1) is 0 Å². The van der Waals surface area contributed by atoms with Gasteiger partial charge in [0.25, 0.3) is 5.91 Å². The quantitative estimate of drug-likeness (QED) is 0.749. The Morgan fingerprint density at radius 2 is 2.16 bits per heavy atom. The predicted molar refractivity (Wildman–Crippen MR) is 96.7 cm³/mol. The van der Waals surface area contributed by atoms with E-state index in [2.05, 4.69) is 22.1 Å². The summed E-state index contributed by atoms with van der Waals surface area (Å²) in [5.41, 5.74) is 3.25. The molecular formula is C19H22N4O2. The number of aromatic nitrogens is 3. The monoisotopic (exact) mass is 338 g/mol. The van der Waals surface area contributed by atoms with E-state index in [1.165, 1.54) is 0 Å². The molecule has 0 aliphatic carbocycles. The molecule has 3 rings (SSSR count). The van der Waals surface area contributed by atoms with Crippen molar-refractivity contribution < 1.29 is 9.53 Å². The Morgan fingerprint density at radius 1 is 1.32 bits per heavy atom. The molecule has 0 saturated carbocycles. The standard InChI is InChI=1S/C19H22N4O2/c1-4-6-14-11-16(22-21-14)19(24)23(2)12-13-8-9-17(25-3)18-15(13)7-5-10-20-18/h5,7-11H,4,6,12H2,1-3H3,(H,21,22). The van der Waals surface area contributed by atoms with E-state index in [4.69, 9.17) is 4.74 Å². The van der Waals surface area contributed by atoms with E-state index in [9.17, 15) is 4.79 Å². The van der Waals surface area contributed by atoms with Crippen molar-refractivity contribution in [2.75, 3.05) is 14.2 Å². The van der Waals surface area contributed by atoms with Gasteiger partial charge >= 0.3 is 0 Å². The van der Waals surface area contributed by atoms with Crippen LogP contribution < -0.4 is 4.74 Å². The molecule has 2 aromatic heterocycles. The Morgan fingerprint density at radius 3 is 2.92 bits per heavy atom. The summed E-state index contributed by atoms with van der Waals surface area (Å²) in [5.74, 6) is 0.622. The van der Waals surface area contributed by atoms with Gasteiger partial charge in [-0.1, -0.05) is 25.5 Å². The van der Waals surface area contributed by atoms with E-state index in [-0.39, 0.29) is 5.91 Å². The average molecular weight is 338 g/mol. The van der Waals surface area contributed by atoms with Crippen molar-refractivity contribution in [3.63, 3.8) is 0 Å². The average Bonchev–Trinajstić information content (AvgIpc) is 3.10. The Kier molecular flexibility index (Phi) is 4.97. The number of benzene rings is 1. The molecule has 6 heteroatoms. The van der Waals surface area contributed by atoms with Gasteiger partial charge in [-0.05, 0) is 30.2 Å². The fourth-order valence-electron chi connectivity index (χ4n) is 2.90. The molecule has 6 nitrogen and oxygen atoms in total. The number of fused-ring (bicyclic) bond motifs is 1. The lowest BCUT2D eigenvalue weighted by Gasteiger charge is -2.18. The molecule has 1 aromatic carbocycles. The van der Waals surface area contributed by atoms with E-state index in [0.717, 1.165) is 40.8 Å². The van der Waals surface area contributed by atoms with Crippen molar-refractivity contribution in [1.82, 2.24) is 20.1 Å². The fourth-order valence-corrected chi connectivity index (χ4v) is 2.90. The Balaban J connectivity index is 1.84. The molecule has 0 saturated heterocycles. The van der Waals surface area contributed by atoms with Crippen LogP contribution in [0.1, 0.15) is 35.1 Å². The summed E-state index contributed by atoms with van der Waals surface area (Å²) in [6.45, 7) is 2.57. The number of aromatic amines is 1. The Bertz CT molecular complexity index is 888. The predicted octanol–water partition coefficient (Wildman–Crippen LogP) is 3.19. The molecule has 0 fully saturated rings. The molecule has 0 atom stereocenters. The minimum atomic E-state index is -0.105. The zero-order chi connectivity index (χ0) is 17.8. The number of methoxy groups -OCH3 is 1. The number of H-pyrrole nitrogens is 1. The van der Waals surface area contributed by atoms with Crippen LogP contribution in [0.2, 0.25) is 0 Å². The number of pyridine rings is 1.